The van der Waals surface area contributed by atoms with E-state index in [4.69, 9.17) is 0 Å². The molecule has 4 nitrogen and oxygen atoms in total. The van der Waals surface area contributed by atoms with E-state index in [9.17, 15) is 0 Å². The average molecular weight is 1430 g/mol. The van der Waals surface area contributed by atoms with Crippen LogP contribution in [-0.2, 0) is 0 Å². The van der Waals surface area contributed by atoms with Crippen molar-refractivity contribution < 1.29 is 0 Å². The average Bonchev–Trinajstić information content (AvgIpc) is 1.22. The largest absolute Gasteiger partial charge is 0.310 e. The predicted molar refractivity (Wildman–Crippen MR) is 480 cm³/mol. The second kappa shape index (κ2) is 26.0. The van der Waals surface area contributed by atoms with Gasteiger partial charge in [0.25, 0.3) is 6.71 Å². The van der Waals surface area contributed by atoms with Gasteiger partial charge in [-0.15, -0.1) is 0 Å². The van der Waals surface area contributed by atoms with Crippen LogP contribution in [0.15, 0.2) is 419 Å². The lowest BCUT2D eigenvalue weighted by atomic mass is 9.33. The Morgan fingerprint density at radius 3 is 0.885 bits per heavy atom. The molecule has 0 spiro atoms. The summed E-state index contributed by atoms with van der Waals surface area (Å²) in [6, 6.07) is 157. The van der Waals surface area contributed by atoms with Crippen molar-refractivity contribution in [2.45, 2.75) is 0 Å². The van der Waals surface area contributed by atoms with Crippen molar-refractivity contribution in [1.82, 2.24) is 9.13 Å². The van der Waals surface area contributed by atoms with E-state index in [-0.39, 0.29) is 6.71 Å². The van der Waals surface area contributed by atoms with E-state index in [1.165, 1.54) is 98.1 Å². The summed E-state index contributed by atoms with van der Waals surface area (Å²) in [6.45, 7) is -0.304. The zero-order valence-corrected chi connectivity index (χ0v) is 61.7. The number of hydrogen-bond acceptors (Lipinski definition) is 2. The third-order valence-electron chi connectivity index (χ3n) is 24.1. The molecule has 0 atom stereocenters. The van der Waals surface area contributed by atoms with Crippen molar-refractivity contribution in [2.75, 3.05) is 9.80 Å². The number of fused-ring (bicyclic) bond motifs is 13. The van der Waals surface area contributed by atoms with Gasteiger partial charge in [0.05, 0.1) is 39.1 Å². The summed E-state index contributed by atoms with van der Waals surface area (Å²) in [5, 5.41) is 12.0. The fourth-order valence-electron chi connectivity index (χ4n) is 19.4. The molecule has 5 heteroatoms. The van der Waals surface area contributed by atoms with Crippen molar-refractivity contribution in [2.24, 2.45) is 0 Å². The van der Waals surface area contributed by atoms with Crippen LogP contribution in [0.5, 0.6) is 0 Å². The smallest absolute Gasteiger partial charge is 0.252 e. The van der Waals surface area contributed by atoms with Crippen molar-refractivity contribution in [1.29, 1.82) is 0 Å². The molecule has 4 heterocycles. The molecule has 0 bridgehead atoms. The maximum Gasteiger partial charge on any atom is 0.252 e. The van der Waals surface area contributed by atoms with E-state index in [1.807, 2.05) is 0 Å². The van der Waals surface area contributed by atoms with Crippen LogP contribution in [0.1, 0.15) is 0 Å². The van der Waals surface area contributed by atoms with Crippen LogP contribution in [0, 0.1) is 0 Å². The molecule has 113 heavy (non-hydrogen) atoms. The lowest BCUT2D eigenvalue weighted by molar-refractivity contribution is 1.15. The Morgan fingerprint density at radius 1 is 0.177 bits per heavy atom. The maximum absolute atomic E-state index is 2.71. The molecule has 0 fully saturated rings. The number of para-hydroxylation sites is 6. The molecule has 19 aromatic carbocycles. The molecule has 0 N–H and O–H groups in total. The minimum absolute atomic E-state index is 0.304. The third kappa shape index (κ3) is 9.98. The van der Waals surface area contributed by atoms with Crippen molar-refractivity contribution >= 4 is 133 Å². The Kier molecular flexibility index (Phi) is 14.8. The predicted octanol–water partition coefficient (Wildman–Crippen LogP) is 27.1. The van der Waals surface area contributed by atoms with Gasteiger partial charge in [-0.25, -0.2) is 0 Å². The fourth-order valence-corrected chi connectivity index (χ4v) is 19.4. The van der Waals surface area contributed by atoms with Crippen LogP contribution in [-0.4, -0.2) is 15.8 Å². The first-order valence-corrected chi connectivity index (χ1v) is 39.2. The lowest BCUT2D eigenvalue weighted by Gasteiger charge is -2.46. The SMILES string of the molecule is c1ccc(-c2cccc(-c3ccccc3)c2N2c3cc(-c4c5ccccc5c(-c5ccc(-c6ccccc6)c6ccccc56)c5ccccc45)ccc3B3c4ccc(-n5c6ccccc6c6ccccc65)cc4N(c4c(-c5ccccc5)cccc4-c4ccccc4)c4cc(-n5c6ccccc6c6ccccc65)cc2c43)cc1. The van der Waals surface area contributed by atoms with Crippen LogP contribution in [0.25, 0.3) is 165 Å². The molecule has 0 amide bonds. The second-order valence-corrected chi connectivity index (χ2v) is 30.0. The summed E-state index contributed by atoms with van der Waals surface area (Å²) in [5.41, 5.74) is 33.0. The van der Waals surface area contributed by atoms with Crippen LogP contribution in [0.3, 0.4) is 0 Å². The Labute approximate surface area is 655 Å². The van der Waals surface area contributed by atoms with Crippen LogP contribution >= 0.6 is 0 Å². The molecular formula is C108H69BN4. The van der Waals surface area contributed by atoms with Crippen LogP contribution in [0.4, 0.5) is 34.1 Å². The molecule has 2 aromatic heterocycles. The highest BCUT2D eigenvalue weighted by atomic mass is 15.2. The quantitative estimate of drug-likeness (QED) is 0.0948. The Morgan fingerprint density at radius 2 is 0.478 bits per heavy atom. The molecule has 23 rings (SSSR count). The Balaban J connectivity index is 0.883. The minimum Gasteiger partial charge on any atom is -0.310 e. The number of anilines is 6. The first-order valence-electron chi connectivity index (χ1n) is 39.2. The highest BCUT2D eigenvalue weighted by Gasteiger charge is 2.46. The van der Waals surface area contributed by atoms with Crippen LogP contribution < -0.4 is 26.2 Å². The number of rotatable bonds is 11. The van der Waals surface area contributed by atoms with Gasteiger partial charge in [-0.2, -0.15) is 0 Å². The van der Waals surface area contributed by atoms with Crippen LogP contribution in [0.2, 0.25) is 0 Å². The fraction of sp³-hybridized carbons (Fsp3) is 0. The summed E-state index contributed by atoms with van der Waals surface area (Å²) in [6.07, 6.45) is 0. The second-order valence-electron chi connectivity index (χ2n) is 30.0. The van der Waals surface area contributed by atoms with Crippen molar-refractivity contribution in [3.8, 4) is 89.3 Å². The standard InChI is InChI=1S/C108H69BN4/c1-6-32-70(33-7-1)78-62-63-93(84-43-17-16-42-83(78)84)105-91-50-20-18-48-89(91)104(90-49-19-21-51-92(90)105)75-60-64-94-100(66-75)112(107-79(71-34-8-2-9-35-71)52-30-53-80(107)72-36-10-3-11-37-72)102-68-77(111-98-58-28-24-46-87(98)88-47-25-29-59-99(88)111)69-103-106(102)109(94)95-65-61-76(110-96-56-26-22-44-85(96)86-45-23-27-57-97(86)110)67-101(95)113(103)108-81(73-38-12-4-13-39-73)54-31-55-82(108)74-40-14-5-15-41-74/h1-69H. The van der Waals surface area contributed by atoms with Gasteiger partial charge < -0.3 is 18.9 Å². The Hall–Kier alpha value is -14.8. The molecule has 21 aromatic rings. The molecule has 0 radical (unpaired) electrons. The zero-order chi connectivity index (χ0) is 74.2. The molecule has 524 valence electrons. The van der Waals surface area contributed by atoms with E-state index < -0.39 is 0 Å². The molecule has 2 aliphatic heterocycles. The van der Waals surface area contributed by atoms with Gasteiger partial charge in [-0.05, 0) is 159 Å². The number of benzene rings is 19. The summed E-state index contributed by atoms with van der Waals surface area (Å²) < 4.78 is 5.04. The van der Waals surface area contributed by atoms with Gasteiger partial charge >= 0.3 is 0 Å². The minimum atomic E-state index is -0.304. The monoisotopic (exact) mass is 1430 g/mol. The molecule has 0 aliphatic carbocycles. The van der Waals surface area contributed by atoms with E-state index in [0.717, 1.165) is 118 Å². The van der Waals surface area contributed by atoms with E-state index in [0.29, 0.717) is 0 Å². The van der Waals surface area contributed by atoms with Gasteiger partial charge in [-0.3, -0.25) is 0 Å². The van der Waals surface area contributed by atoms with E-state index in [1.54, 1.807) is 0 Å². The number of aromatic nitrogens is 2. The van der Waals surface area contributed by atoms with Gasteiger partial charge in [-0.1, -0.05) is 364 Å². The van der Waals surface area contributed by atoms with Gasteiger partial charge in [0.1, 0.15) is 0 Å². The normalized spacial score (nSPS) is 12.4. The summed E-state index contributed by atoms with van der Waals surface area (Å²) in [4.78, 5) is 5.41. The van der Waals surface area contributed by atoms with E-state index >= 15 is 0 Å². The van der Waals surface area contributed by atoms with Crippen molar-refractivity contribution in [3.63, 3.8) is 0 Å². The zero-order valence-electron chi connectivity index (χ0n) is 61.7. The summed E-state index contributed by atoms with van der Waals surface area (Å²) >= 11 is 0. The van der Waals surface area contributed by atoms with Gasteiger partial charge in [0.2, 0.25) is 0 Å². The highest BCUT2D eigenvalue weighted by Crippen LogP contribution is 2.56. The molecular weight excluding hydrogens is 1360 g/mol. The Bertz CT molecular complexity index is 7150. The lowest BCUT2D eigenvalue weighted by Crippen LogP contribution is -2.61. The topological polar surface area (TPSA) is 16.3 Å². The van der Waals surface area contributed by atoms with Crippen molar-refractivity contribution in [3.05, 3.63) is 419 Å². The number of nitrogens with zero attached hydrogens (tertiary/aromatic N) is 4. The maximum atomic E-state index is 2.71. The third-order valence-corrected chi connectivity index (χ3v) is 24.1. The summed E-state index contributed by atoms with van der Waals surface area (Å²) in [7, 11) is 0. The summed E-state index contributed by atoms with van der Waals surface area (Å²) in [5.74, 6) is 0. The first-order chi connectivity index (χ1) is 56.1. The molecule has 0 saturated heterocycles. The number of hydrogen-bond donors (Lipinski definition) is 0. The molecule has 0 saturated carbocycles. The van der Waals surface area contributed by atoms with Gasteiger partial charge in [0.15, 0.2) is 0 Å². The van der Waals surface area contributed by atoms with Gasteiger partial charge in [0, 0.05) is 72.2 Å². The van der Waals surface area contributed by atoms with E-state index in [2.05, 4.69) is 438 Å². The molecule has 0 unspecified atom stereocenters. The first kappa shape index (κ1) is 64.2. The molecule has 2 aliphatic rings. The highest BCUT2D eigenvalue weighted by molar-refractivity contribution is 7.00.